The molecule has 1 aliphatic rings. The molecule has 2 aromatic rings. The van der Waals surface area contributed by atoms with Gasteiger partial charge in [-0.2, -0.15) is 5.10 Å². The molecule has 1 heterocycles. The van der Waals surface area contributed by atoms with E-state index in [0.717, 1.165) is 40.0 Å². The zero-order valence-corrected chi connectivity index (χ0v) is 23.1. The number of nitrogens with zero attached hydrogens (tertiary/aromatic N) is 1. The lowest BCUT2D eigenvalue weighted by atomic mass is 10.2. The number of carbonyl (C=O) groups excluding carboxylic acids is 1. The molecule has 0 spiro atoms. The van der Waals surface area contributed by atoms with Crippen molar-refractivity contribution < 1.29 is 9.53 Å². The molecule has 1 N–H and O–H groups in total. The SMILES string of the molecule is CC1(CC(=O)N/N=C\c2cc(I)c(OCc3ccc(Br)cc3)c(I)c2)SCCS1. The summed E-state index contributed by atoms with van der Waals surface area (Å²) >= 11 is 11.7. The highest BCUT2D eigenvalue weighted by molar-refractivity contribution is 14.1. The number of nitrogens with one attached hydrogen (secondary N) is 1. The minimum absolute atomic E-state index is 0.0296. The average molecular weight is 717 g/mol. The number of hydrazone groups is 1. The highest BCUT2D eigenvalue weighted by Gasteiger charge is 2.32. The predicted octanol–water partition coefficient (Wildman–Crippen LogP) is 6.27. The molecular weight excluding hydrogens is 698 g/mol. The van der Waals surface area contributed by atoms with E-state index >= 15 is 0 Å². The topological polar surface area (TPSA) is 50.7 Å². The fourth-order valence-electron chi connectivity index (χ4n) is 2.70. The normalized spacial score (nSPS) is 15.6. The third-order valence-corrected chi connectivity index (χ3v) is 9.52. The van der Waals surface area contributed by atoms with Crippen LogP contribution in [0.1, 0.15) is 24.5 Å². The van der Waals surface area contributed by atoms with E-state index in [9.17, 15) is 4.79 Å². The van der Waals surface area contributed by atoms with Crippen molar-refractivity contribution in [3.8, 4) is 5.75 Å². The van der Waals surface area contributed by atoms with E-state index in [-0.39, 0.29) is 9.99 Å². The quantitative estimate of drug-likeness (QED) is 0.209. The Labute approximate surface area is 215 Å². The lowest BCUT2D eigenvalue weighted by Crippen LogP contribution is -2.26. The van der Waals surface area contributed by atoms with Gasteiger partial charge in [0.05, 0.1) is 23.9 Å². The molecule has 1 fully saturated rings. The van der Waals surface area contributed by atoms with Crippen LogP contribution in [0.4, 0.5) is 0 Å². The Kier molecular flexibility index (Phi) is 9.03. The third-order valence-electron chi connectivity index (χ3n) is 4.10. The number of rotatable bonds is 7. The van der Waals surface area contributed by atoms with Crippen molar-refractivity contribution in [1.82, 2.24) is 5.43 Å². The number of ether oxygens (including phenoxy) is 1. The van der Waals surface area contributed by atoms with Gasteiger partial charge >= 0.3 is 0 Å². The van der Waals surface area contributed by atoms with Crippen LogP contribution in [0.2, 0.25) is 0 Å². The first-order chi connectivity index (χ1) is 13.8. The molecule has 0 aromatic heterocycles. The van der Waals surface area contributed by atoms with Gasteiger partial charge in [-0.05, 0) is 87.5 Å². The summed E-state index contributed by atoms with van der Waals surface area (Å²) in [4.78, 5) is 12.1. The first-order valence-corrected chi connectivity index (χ1v) is 13.7. The number of hydrogen-bond donors (Lipinski definition) is 1. The molecule has 0 bridgehead atoms. The summed E-state index contributed by atoms with van der Waals surface area (Å²) < 4.78 is 9.06. The van der Waals surface area contributed by atoms with Crippen LogP contribution in [-0.2, 0) is 11.4 Å². The Morgan fingerprint density at radius 3 is 2.48 bits per heavy atom. The number of benzene rings is 2. The molecular formula is C20H19BrI2N2O2S2. The van der Waals surface area contributed by atoms with Crippen molar-refractivity contribution in [2.45, 2.75) is 24.0 Å². The maximum absolute atomic E-state index is 12.1. The molecule has 1 saturated heterocycles. The van der Waals surface area contributed by atoms with Crippen molar-refractivity contribution in [3.05, 3.63) is 59.1 Å². The fraction of sp³-hybridized carbons (Fsp3) is 0.300. The molecule has 0 aliphatic carbocycles. The molecule has 1 aliphatic heterocycles. The molecule has 4 nitrogen and oxygen atoms in total. The predicted molar refractivity (Wildman–Crippen MR) is 144 cm³/mol. The number of thioether (sulfide) groups is 2. The summed E-state index contributed by atoms with van der Waals surface area (Å²) in [6, 6.07) is 12.1. The Morgan fingerprint density at radius 2 is 1.86 bits per heavy atom. The van der Waals surface area contributed by atoms with Crippen molar-refractivity contribution in [1.29, 1.82) is 0 Å². The van der Waals surface area contributed by atoms with Gasteiger partial charge in [-0.3, -0.25) is 4.79 Å². The van der Waals surface area contributed by atoms with Gasteiger partial charge in [0.2, 0.25) is 5.91 Å². The molecule has 2 aromatic carbocycles. The Hall–Kier alpha value is 0.0200. The minimum atomic E-state index is -0.0514. The van der Waals surface area contributed by atoms with Crippen LogP contribution in [0, 0.1) is 7.14 Å². The molecule has 1 amide bonds. The maximum Gasteiger partial charge on any atom is 0.242 e. The Bertz CT molecular complexity index is 881. The van der Waals surface area contributed by atoms with Crippen molar-refractivity contribution in [2.24, 2.45) is 5.10 Å². The number of halogens is 3. The summed E-state index contributed by atoms with van der Waals surface area (Å²) in [5.74, 6) is 3.01. The Morgan fingerprint density at radius 1 is 1.24 bits per heavy atom. The van der Waals surface area contributed by atoms with Crippen molar-refractivity contribution in [2.75, 3.05) is 11.5 Å². The van der Waals surface area contributed by atoms with E-state index in [4.69, 9.17) is 4.74 Å². The van der Waals surface area contributed by atoms with Crippen molar-refractivity contribution >= 4 is 96.8 Å². The second-order valence-electron chi connectivity index (χ2n) is 6.53. The van der Waals surface area contributed by atoms with Crippen LogP contribution in [0.5, 0.6) is 5.75 Å². The minimum Gasteiger partial charge on any atom is -0.487 e. The van der Waals surface area contributed by atoms with E-state index in [1.165, 1.54) is 0 Å². The average Bonchev–Trinajstić information content (AvgIpc) is 3.08. The van der Waals surface area contributed by atoms with Crippen LogP contribution in [0.3, 0.4) is 0 Å². The van der Waals surface area contributed by atoms with E-state index < -0.39 is 0 Å². The molecule has 0 atom stereocenters. The summed E-state index contributed by atoms with van der Waals surface area (Å²) in [5.41, 5.74) is 4.69. The summed E-state index contributed by atoms with van der Waals surface area (Å²) in [5, 5.41) is 4.13. The van der Waals surface area contributed by atoms with Crippen molar-refractivity contribution in [3.63, 3.8) is 0 Å². The van der Waals surface area contributed by atoms with Crippen LogP contribution in [0.25, 0.3) is 0 Å². The van der Waals surface area contributed by atoms with Gasteiger partial charge in [-0.25, -0.2) is 5.43 Å². The molecule has 154 valence electrons. The van der Waals surface area contributed by atoms with Crippen LogP contribution in [-0.4, -0.2) is 27.7 Å². The first-order valence-electron chi connectivity index (χ1n) is 8.81. The largest absolute Gasteiger partial charge is 0.487 e. The highest BCUT2D eigenvalue weighted by Crippen LogP contribution is 2.45. The molecule has 0 unspecified atom stereocenters. The molecule has 0 saturated carbocycles. The van der Waals surface area contributed by atoms with Crippen LogP contribution < -0.4 is 10.2 Å². The second-order valence-corrected chi connectivity index (χ2v) is 13.2. The van der Waals surface area contributed by atoms with Crippen LogP contribution >= 0.6 is 84.6 Å². The van der Waals surface area contributed by atoms with Gasteiger partial charge in [0.1, 0.15) is 12.4 Å². The van der Waals surface area contributed by atoms with Gasteiger partial charge < -0.3 is 4.74 Å². The molecule has 29 heavy (non-hydrogen) atoms. The monoisotopic (exact) mass is 716 g/mol. The van der Waals surface area contributed by atoms with E-state index in [1.54, 1.807) is 6.21 Å². The van der Waals surface area contributed by atoms with Gasteiger partial charge in [-0.15, -0.1) is 23.5 Å². The summed E-state index contributed by atoms with van der Waals surface area (Å²) in [6.07, 6.45) is 2.15. The lowest BCUT2D eigenvalue weighted by Gasteiger charge is -2.19. The lowest BCUT2D eigenvalue weighted by molar-refractivity contribution is -0.121. The zero-order chi connectivity index (χ0) is 20.9. The summed E-state index contributed by atoms with van der Waals surface area (Å²) in [7, 11) is 0. The number of hydrogen-bond acceptors (Lipinski definition) is 5. The van der Waals surface area contributed by atoms with Gasteiger partial charge in [0.25, 0.3) is 0 Å². The van der Waals surface area contributed by atoms with E-state index in [0.29, 0.717) is 13.0 Å². The third kappa shape index (κ3) is 7.29. The zero-order valence-electron chi connectivity index (χ0n) is 15.6. The Balaban J connectivity index is 1.57. The number of amides is 1. The molecule has 3 rings (SSSR count). The van der Waals surface area contributed by atoms with E-state index in [2.05, 4.69) is 78.6 Å². The smallest absolute Gasteiger partial charge is 0.242 e. The molecule has 0 radical (unpaired) electrons. The summed E-state index contributed by atoms with van der Waals surface area (Å²) in [6.45, 7) is 2.63. The van der Waals surface area contributed by atoms with Gasteiger partial charge in [0, 0.05) is 16.0 Å². The van der Waals surface area contributed by atoms with Gasteiger partial charge in [0.15, 0.2) is 0 Å². The fourth-order valence-corrected chi connectivity index (χ4v) is 7.92. The standard InChI is InChI=1S/C20H19BrI2N2O2S2/c1-20(28-6-7-29-20)10-18(26)25-24-11-14-8-16(22)19(17(23)9-14)27-12-13-2-4-15(21)5-3-13/h2-5,8-9,11H,6-7,10,12H2,1H3,(H,25,26)/b24-11-. The molecule has 9 heteroatoms. The van der Waals surface area contributed by atoms with E-state index in [1.807, 2.05) is 59.9 Å². The highest BCUT2D eigenvalue weighted by atomic mass is 127. The number of carbonyl (C=O) groups is 1. The van der Waals surface area contributed by atoms with Crippen LogP contribution in [0.15, 0.2) is 46.0 Å². The first kappa shape index (κ1) is 23.7. The maximum atomic E-state index is 12.1. The second kappa shape index (κ2) is 11.1. The van der Waals surface area contributed by atoms with Gasteiger partial charge in [-0.1, -0.05) is 28.1 Å².